The molecule has 0 aliphatic rings. The van der Waals surface area contributed by atoms with Crippen LogP contribution in [0.25, 0.3) is 0 Å². The molecule has 0 radical (unpaired) electrons. The van der Waals surface area contributed by atoms with Crippen LogP contribution in [-0.4, -0.2) is 37.2 Å². The fraction of sp³-hybridized carbons (Fsp3) is 0.636. The van der Waals surface area contributed by atoms with Gasteiger partial charge in [0.1, 0.15) is 6.26 Å². The lowest BCUT2D eigenvalue weighted by atomic mass is 10.5. The summed E-state index contributed by atoms with van der Waals surface area (Å²) in [5.74, 6) is -0.464. The normalized spacial score (nSPS) is 10.2. The molecule has 6 heteroatoms. The van der Waals surface area contributed by atoms with Crippen LogP contribution >= 0.6 is 0 Å². The van der Waals surface area contributed by atoms with Gasteiger partial charge >= 0.3 is 5.97 Å². The van der Waals surface area contributed by atoms with Gasteiger partial charge in [-0.05, 0) is 19.9 Å². The Bertz CT molecular complexity index is 338. The summed E-state index contributed by atoms with van der Waals surface area (Å²) in [6.07, 6.45) is 2.39. The van der Waals surface area contributed by atoms with E-state index < -0.39 is 5.97 Å². The number of nitrogens with one attached hydrogen (secondary N) is 2. The molecule has 0 unspecified atom stereocenters. The molecule has 1 aromatic rings. The molecule has 2 N–H and O–H groups in total. The number of hydrogen-bond donors (Lipinski definition) is 2. The standard InChI is InChI=1S/C11H19N3O3/c1-3-5-12-6-7-13-11-14-9(8-17-11)10(15)16-4-2/h8,12H,3-7H2,1-2H3,(H,13,14). The van der Waals surface area contributed by atoms with Crippen molar-refractivity contribution in [3.8, 4) is 0 Å². The summed E-state index contributed by atoms with van der Waals surface area (Å²) >= 11 is 0. The van der Waals surface area contributed by atoms with Gasteiger partial charge < -0.3 is 19.8 Å². The molecule has 0 saturated carbocycles. The molecule has 0 aliphatic carbocycles. The van der Waals surface area contributed by atoms with Crippen molar-refractivity contribution < 1.29 is 13.9 Å². The van der Waals surface area contributed by atoms with Gasteiger partial charge in [-0.25, -0.2) is 4.79 Å². The summed E-state index contributed by atoms with van der Waals surface area (Å²) in [5.41, 5.74) is 0.191. The first-order chi connectivity index (χ1) is 8.27. The highest BCUT2D eigenvalue weighted by molar-refractivity contribution is 5.87. The molecule has 0 atom stereocenters. The molecule has 17 heavy (non-hydrogen) atoms. The zero-order valence-electron chi connectivity index (χ0n) is 10.3. The minimum absolute atomic E-state index is 0.191. The molecule has 0 aliphatic heterocycles. The Morgan fingerprint density at radius 1 is 1.41 bits per heavy atom. The van der Waals surface area contributed by atoms with Crippen LogP contribution in [0.4, 0.5) is 6.01 Å². The summed E-state index contributed by atoms with van der Waals surface area (Å²) < 4.78 is 9.89. The zero-order valence-corrected chi connectivity index (χ0v) is 10.3. The van der Waals surface area contributed by atoms with Crippen LogP contribution in [0.5, 0.6) is 0 Å². The van der Waals surface area contributed by atoms with Crippen LogP contribution in [0.1, 0.15) is 30.8 Å². The number of hydrogen-bond acceptors (Lipinski definition) is 6. The molecule has 0 spiro atoms. The number of carbonyl (C=O) groups excluding carboxylic acids is 1. The predicted molar refractivity (Wildman–Crippen MR) is 64.1 cm³/mol. The fourth-order valence-electron chi connectivity index (χ4n) is 1.21. The van der Waals surface area contributed by atoms with Crippen molar-refractivity contribution in [1.82, 2.24) is 10.3 Å². The molecular weight excluding hydrogens is 222 g/mol. The Morgan fingerprint density at radius 2 is 2.24 bits per heavy atom. The fourth-order valence-corrected chi connectivity index (χ4v) is 1.21. The van der Waals surface area contributed by atoms with Gasteiger partial charge in [0.15, 0.2) is 5.69 Å². The van der Waals surface area contributed by atoms with Gasteiger partial charge in [0.05, 0.1) is 6.61 Å². The molecule has 1 rings (SSSR count). The van der Waals surface area contributed by atoms with Crippen LogP contribution in [0.2, 0.25) is 0 Å². The Kier molecular flexibility index (Phi) is 6.09. The van der Waals surface area contributed by atoms with Crippen molar-refractivity contribution in [1.29, 1.82) is 0 Å². The van der Waals surface area contributed by atoms with Gasteiger partial charge in [-0.15, -0.1) is 0 Å². The van der Waals surface area contributed by atoms with Gasteiger partial charge in [0.25, 0.3) is 6.01 Å². The first-order valence-corrected chi connectivity index (χ1v) is 5.85. The van der Waals surface area contributed by atoms with Gasteiger partial charge in [-0.2, -0.15) is 4.98 Å². The molecule has 0 bridgehead atoms. The van der Waals surface area contributed by atoms with Gasteiger partial charge in [0, 0.05) is 13.1 Å². The average Bonchev–Trinajstić information content (AvgIpc) is 2.78. The summed E-state index contributed by atoms with van der Waals surface area (Å²) in [7, 11) is 0. The SMILES string of the molecule is CCCNCCNc1nc(C(=O)OCC)co1. The van der Waals surface area contributed by atoms with Crippen LogP contribution in [-0.2, 0) is 4.74 Å². The second-order valence-corrected chi connectivity index (χ2v) is 3.44. The number of carbonyl (C=O) groups is 1. The lowest BCUT2D eigenvalue weighted by Gasteiger charge is -2.02. The third kappa shape index (κ3) is 4.86. The van der Waals surface area contributed by atoms with Gasteiger partial charge in [-0.1, -0.05) is 6.92 Å². The highest BCUT2D eigenvalue weighted by Crippen LogP contribution is 2.07. The molecule has 0 fully saturated rings. The molecule has 0 aromatic carbocycles. The maximum Gasteiger partial charge on any atom is 0.360 e. The van der Waals surface area contributed by atoms with Gasteiger partial charge in [0.2, 0.25) is 0 Å². The monoisotopic (exact) mass is 241 g/mol. The molecule has 1 aromatic heterocycles. The zero-order chi connectivity index (χ0) is 12.5. The smallest absolute Gasteiger partial charge is 0.360 e. The van der Waals surface area contributed by atoms with E-state index in [0.29, 0.717) is 19.2 Å². The summed E-state index contributed by atoms with van der Waals surface area (Å²) in [6.45, 7) is 6.70. The minimum Gasteiger partial charge on any atom is -0.461 e. The van der Waals surface area contributed by atoms with Gasteiger partial charge in [-0.3, -0.25) is 0 Å². The van der Waals surface area contributed by atoms with Crippen molar-refractivity contribution in [2.45, 2.75) is 20.3 Å². The molecule has 1 heterocycles. The van der Waals surface area contributed by atoms with Crippen LogP contribution in [0.3, 0.4) is 0 Å². The first-order valence-electron chi connectivity index (χ1n) is 5.85. The van der Waals surface area contributed by atoms with Crippen molar-refractivity contribution >= 4 is 12.0 Å². The number of esters is 1. The second kappa shape index (κ2) is 7.67. The number of rotatable bonds is 8. The molecule has 6 nitrogen and oxygen atoms in total. The molecular formula is C11H19N3O3. The summed E-state index contributed by atoms with van der Waals surface area (Å²) in [5, 5.41) is 6.20. The highest BCUT2D eigenvalue weighted by Gasteiger charge is 2.12. The van der Waals surface area contributed by atoms with E-state index in [2.05, 4.69) is 22.5 Å². The molecule has 0 saturated heterocycles. The van der Waals surface area contributed by atoms with Crippen molar-refractivity contribution in [3.63, 3.8) is 0 Å². The number of oxazole rings is 1. The quantitative estimate of drug-likeness (QED) is 0.527. The van der Waals surface area contributed by atoms with E-state index in [9.17, 15) is 4.79 Å². The van der Waals surface area contributed by atoms with Crippen LogP contribution in [0, 0.1) is 0 Å². The second-order valence-electron chi connectivity index (χ2n) is 3.44. The predicted octanol–water partition coefficient (Wildman–Crippen LogP) is 1.26. The summed E-state index contributed by atoms with van der Waals surface area (Å²) in [6, 6.07) is 0.339. The van der Waals surface area contributed by atoms with E-state index in [1.165, 1.54) is 6.26 Å². The Balaban J connectivity index is 2.28. The maximum absolute atomic E-state index is 11.3. The largest absolute Gasteiger partial charge is 0.461 e. The van der Waals surface area contributed by atoms with E-state index in [-0.39, 0.29) is 5.69 Å². The first kappa shape index (κ1) is 13.5. The van der Waals surface area contributed by atoms with Crippen molar-refractivity contribution in [2.24, 2.45) is 0 Å². The third-order valence-electron chi connectivity index (χ3n) is 1.99. The number of nitrogens with zero attached hydrogens (tertiary/aromatic N) is 1. The third-order valence-corrected chi connectivity index (χ3v) is 1.99. The molecule has 96 valence electrons. The van der Waals surface area contributed by atoms with E-state index in [1.807, 2.05) is 0 Å². The maximum atomic E-state index is 11.3. The Hall–Kier alpha value is -1.56. The number of ether oxygens (including phenoxy) is 1. The highest BCUT2D eigenvalue weighted by atomic mass is 16.5. The van der Waals surface area contributed by atoms with E-state index in [1.54, 1.807) is 6.92 Å². The van der Waals surface area contributed by atoms with E-state index in [0.717, 1.165) is 19.5 Å². The van der Waals surface area contributed by atoms with E-state index in [4.69, 9.17) is 9.15 Å². The van der Waals surface area contributed by atoms with Crippen molar-refractivity contribution in [2.75, 3.05) is 31.6 Å². The minimum atomic E-state index is -0.464. The van der Waals surface area contributed by atoms with E-state index >= 15 is 0 Å². The lowest BCUT2D eigenvalue weighted by Crippen LogP contribution is -2.22. The topological polar surface area (TPSA) is 76.4 Å². The van der Waals surface area contributed by atoms with Crippen molar-refractivity contribution in [3.05, 3.63) is 12.0 Å². The van der Waals surface area contributed by atoms with Crippen LogP contribution in [0.15, 0.2) is 10.7 Å². The molecule has 0 amide bonds. The summed E-state index contributed by atoms with van der Waals surface area (Å²) in [4.78, 5) is 15.3. The Labute approximate surface area is 101 Å². The van der Waals surface area contributed by atoms with Crippen LogP contribution < -0.4 is 10.6 Å². The lowest BCUT2D eigenvalue weighted by molar-refractivity contribution is 0.0519. The Morgan fingerprint density at radius 3 is 2.94 bits per heavy atom. The number of aromatic nitrogens is 1. The number of anilines is 1. The average molecular weight is 241 g/mol.